The first-order valence-corrected chi connectivity index (χ1v) is 6.36. The molecule has 0 atom stereocenters. The predicted molar refractivity (Wildman–Crippen MR) is 77.1 cm³/mol. The minimum atomic E-state index is -0.0942. The van der Waals surface area contributed by atoms with E-state index in [2.05, 4.69) is 0 Å². The number of hydrogen-bond acceptors (Lipinski definition) is 3. The average Bonchev–Trinajstić information content (AvgIpc) is 2.77. The second-order valence-electron chi connectivity index (χ2n) is 4.71. The number of ether oxygens (including phenoxy) is 2. The Morgan fingerprint density at radius 1 is 1.10 bits per heavy atom. The van der Waals surface area contributed by atoms with Gasteiger partial charge in [0.15, 0.2) is 5.76 Å². The maximum Gasteiger partial charge on any atom is 0.231 e. The molecule has 0 N–H and O–H groups in total. The number of fused-ring (bicyclic) bond motifs is 1. The van der Waals surface area contributed by atoms with E-state index in [-0.39, 0.29) is 5.78 Å². The summed E-state index contributed by atoms with van der Waals surface area (Å²) in [5.74, 6) is 1.47. The Labute approximate surface area is 117 Å². The molecule has 0 saturated heterocycles. The molecule has 0 unspecified atom stereocenters. The molecule has 0 fully saturated rings. The Hall–Kier alpha value is -2.55. The summed E-state index contributed by atoms with van der Waals surface area (Å²) in [5.41, 5.74) is 2.70. The van der Waals surface area contributed by atoms with E-state index in [1.165, 1.54) is 5.56 Å². The summed E-state index contributed by atoms with van der Waals surface area (Å²) in [7, 11) is 1.58. The van der Waals surface area contributed by atoms with Gasteiger partial charge >= 0.3 is 0 Å². The zero-order valence-electron chi connectivity index (χ0n) is 11.3. The summed E-state index contributed by atoms with van der Waals surface area (Å²) in [5, 5.41) is 0. The van der Waals surface area contributed by atoms with Crippen molar-refractivity contribution in [1.29, 1.82) is 0 Å². The molecule has 0 spiro atoms. The van der Waals surface area contributed by atoms with Gasteiger partial charge in [0.2, 0.25) is 5.78 Å². The number of benzene rings is 2. The quantitative estimate of drug-likeness (QED) is 0.779. The third-order valence-corrected chi connectivity index (χ3v) is 3.25. The molecule has 1 aliphatic heterocycles. The van der Waals surface area contributed by atoms with Gasteiger partial charge in [-0.2, -0.15) is 0 Å². The summed E-state index contributed by atoms with van der Waals surface area (Å²) < 4.78 is 10.8. The average molecular weight is 266 g/mol. The topological polar surface area (TPSA) is 35.5 Å². The highest BCUT2D eigenvalue weighted by Crippen LogP contribution is 2.34. The normalized spacial score (nSPS) is 15.1. The van der Waals surface area contributed by atoms with E-state index in [9.17, 15) is 4.79 Å². The van der Waals surface area contributed by atoms with Crippen LogP contribution in [-0.2, 0) is 0 Å². The largest absolute Gasteiger partial charge is 0.497 e. The standard InChI is InChI=1S/C17H14O3/c1-11-3-5-12(6-4-11)9-16-17(18)14-8-7-13(19-2)10-15(14)20-16/h3-10H,1-2H3/b16-9+. The first kappa shape index (κ1) is 12.5. The highest BCUT2D eigenvalue weighted by Gasteiger charge is 2.27. The van der Waals surface area contributed by atoms with Crippen LogP contribution in [0.1, 0.15) is 21.5 Å². The monoisotopic (exact) mass is 266 g/mol. The van der Waals surface area contributed by atoms with Gasteiger partial charge in [0.1, 0.15) is 11.5 Å². The smallest absolute Gasteiger partial charge is 0.231 e. The number of allylic oxidation sites excluding steroid dienone is 1. The molecule has 3 nitrogen and oxygen atoms in total. The van der Waals surface area contributed by atoms with Crippen LogP contribution >= 0.6 is 0 Å². The van der Waals surface area contributed by atoms with Crippen LogP contribution in [0.25, 0.3) is 6.08 Å². The van der Waals surface area contributed by atoms with E-state index in [1.54, 1.807) is 31.4 Å². The third kappa shape index (κ3) is 2.18. The van der Waals surface area contributed by atoms with Crippen molar-refractivity contribution in [3.63, 3.8) is 0 Å². The molecule has 0 radical (unpaired) electrons. The van der Waals surface area contributed by atoms with Crippen molar-refractivity contribution >= 4 is 11.9 Å². The first-order chi connectivity index (χ1) is 9.67. The Bertz CT molecular complexity index is 697. The van der Waals surface area contributed by atoms with Gasteiger partial charge < -0.3 is 9.47 Å². The Morgan fingerprint density at radius 3 is 2.55 bits per heavy atom. The number of rotatable bonds is 2. The van der Waals surface area contributed by atoms with Crippen LogP contribution in [0.15, 0.2) is 48.2 Å². The van der Waals surface area contributed by atoms with E-state index in [1.807, 2.05) is 31.2 Å². The molecule has 100 valence electrons. The molecular formula is C17H14O3. The van der Waals surface area contributed by atoms with Crippen LogP contribution in [0.5, 0.6) is 11.5 Å². The van der Waals surface area contributed by atoms with Gasteiger partial charge in [-0.25, -0.2) is 0 Å². The lowest BCUT2D eigenvalue weighted by Gasteiger charge is -2.01. The third-order valence-electron chi connectivity index (χ3n) is 3.25. The molecule has 2 aromatic rings. The van der Waals surface area contributed by atoms with E-state index >= 15 is 0 Å². The molecule has 2 aromatic carbocycles. The summed E-state index contributed by atoms with van der Waals surface area (Å²) in [6, 6.07) is 13.1. The molecule has 0 saturated carbocycles. The van der Waals surface area contributed by atoms with Gasteiger partial charge in [0.25, 0.3) is 0 Å². The minimum absolute atomic E-state index is 0.0942. The molecule has 0 bridgehead atoms. The Balaban J connectivity index is 1.94. The molecule has 0 amide bonds. The van der Waals surface area contributed by atoms with Crippen molar-refractivity contribution in [3.05, 3.63) is 64.9 Å². The van der Waals surface area contributed by atoms with Crippen LogP contribution in [-0.4, -0.2) is 12.9 Å². The zero-order chi connectivity index (χ0) is 14.1. The van der Waals surface area contributed by atoms with Crippen LogP contribution in [0.2, 0.25) is 0 Å². The van der Waals surface area contributed by atoms with Crippen LogP contribution in [0.3, 0.4) is 0 Å². The summed E-state index contributed by atoms with van der Waals surface area (Å²) >= 11 is 0. The van der Waals surface area contributed by atoms with Crippen molar-refractivity contribution in [2.75, 3.05) is 7.11 Å². The molecule has 20 heavy (non-hydrogen) atoms. The number of carbonyl (C=O) groups excluding carboxylic acids is 1. The van der Waals surface area contributed by atoms with E-state index in [0.717, 1.165) is 5.56 Å². The summed E-state index contributed by atoms with van der Waals surface area (Å²) in [6.07, 6.45) is 1.76. The number of Topliss-reactive ketones (excluding diaryl/α,β-unsaturated/α-hetero) is 1. The SMILES string of the molecule is COc1ccc2c(c1)O/C(=C/c1ccc(C)cc1)C2=O. The van der Waals surface area contributed by atoms with Crippen LogP contribution < -0.4 is 9.47 Å². The number of carbonyl (C=O) groups is 1. The number of hydrogen-bond donors (Lipinski definition) is 0. The molecule has 0 aromatic heterocycles. The van der Waals surface area contributed by atoms with Gasteiger partial charge in [-0.15, -0.1) is 0 Å². The fraction of sp³-hybridized carbons (Fsp3) is 0.118. The van der Waals surface area contributed by atoms with E-state index in [4.69, 9.17) is 9.47 Å². The van der Waals surface area contributed by atoms with Crippen molar-refractivity contribution in [1.82, 2.24) is 0 Å². The highest BCUT2D eigenvalue weighted by molar-refractivity contribution is 6.14. The van der Waals surface area contributed by atoms with Crippen molar-refractivity contribution in [2.45, 2.75) is 6.92 Å². The number of methoxy groups -OCH3 is 1. The first-order valence-electron chi connectivity index (χ1n) is 6.36. The second kappa shape index (κ2) is 4.85. The minimum Gasteiger partial charge on any atom is -0.497 e. The van der Waals surface area contributed by atoms with Gasteiger partial charge in [0.05, 0.1) is 12.7 Å². The summed E-state index contributed by atoms with van der Waals surface area (Å²) in [6.45, 7) is 2.02. The number of aryl methyl sites for hydroxylation is 1. The van der Waals surface area contributed by atoms with E-state index in [0.29, 0.717) is 22.8 Å². The lowest BCUT2D eigenvalue weighted by atomic mass is 10.1. The van der Waals surface area contributed by atoms with Crippen molar-refractivity contribution < 1.29 is 14.3 Å². The van der Waals surface area contributed by atoms with Crippen molar-refractivity contribution in [2.24, 2.45) is 0 Å². The second-order valence-corrected chi connectivity index (χ2v) is 4.71. The Kier molecular flexibility index (Phi) is 3.03. The number of ketones is 1. The highest BCUT2D eigenvalue weighted by atomic mass is 16.5. The van der Waals surface area contributed by atoms with Crippen LogP contribution in [0, 0.1) is 6.92 Å². The molecule has 0 aliphatic carbocycles. The summed E-state index contributed by atoms with van der Waals surface area (Å²) in [4.78, 5) is 12.2. The molecular weight excluding hydrogens is 252 g/mol. The molecule has 1 aliphatic rings. The fourth-order valence-corrected chi connectivity index (χ4v) is 2.11. The Morgan fingerprint density at radius 2 is 1.85 bits per heavy atom. The molecule has 1 heterocycles. The van der Waals surface area contributed by atoms with Gasteiger partial charge in [-0.3, -0.25) is 4.79 Å². The van der Waals surface area contributed by atoms with Gasteiger partial charge in [-0.05, 0) is 30.7 Å². The fourth-order valence-electron chi connectivity index (χ4n) is 2.11. The van der Waals surface area contributed by atoms with Gasteiger partial charge in [-0.1, -0.05) is 29.8 Å². The molecule has 3 heteroatoms. The molecule has 3 rings (SSSR count). The van der Waals surface area contributed by atoms with E-state index < -0.39 is 0 Å². The maximum atomic E-state index is 12.2. The zero-order valence-corrected chi connectivity index (χ0v) is 11.3. The maximum absolute atomic E-state index is 12.2. The lowest BCUT2D eigenvalue weighted by molar-refractivity contribution is 0.101. The lowest BCUT2D eigenvalue weighted by Crippen LogP contribution is -1.97. The van der Waals surface area contributed by atoms with Crippen LogP contribution in [0.4, 0.5) is 0 Å². The van der Waals surface area contributed by atoms with Gasteiger partial charge in [0, 0.05) is 6.07 Å². The predicted octanol–water partition coefficient (Wildman–Crippen LogP) is 3.62. The van der Waals surface area contributed by atoms with Crippen molar-refractivity contribution in [3.8, 4) is 11.5 Å².